The fourth-order valence-corrected chi connectivity index (χ4v) is 3.17. The van der Waals surface area contributed by atoms with E-state index in [0.717, 1.165) is 44.2 Å². The van der Waals surface area contributed by atoms with Crippen LogP contribution >= 0.6 is 11.6 Å². The van der Waals surface area contributed by atoms with E-state index in [2.05, 4.69) is 28.5 Å². The normalized spacial score (nSPS) is 22.2. The number of hydrogen-bond acceptors (Lipinski definition) is 3. The Kier molecular flexibility index (Phi) is 4.36. The molecule has 0 radical (unpaired) electrons. The summed E-state index contributed by atoms with van der Waals surface area (Å²) in [5.41, 5.74) is 2.48. The van der Waals surface area contributed by atoms with Crippen LogP contribution in [-0.2, 0) is 4.79 Å². The number of rotatable bonds is 4. The zero-order valence-electron chi connectivity index (χ0n) is 12.4. The molecule has 0 saturated carbocycles. The molecule has 4 nitrogen and oxygen atoms in total. The standard InChI is InChI=1S/C16H22ClN3O/c1-11-2-3-14(17)6-15(11)20-5-4-12(10-20)7-19-16(21)13-8-18-9-13/h2-3,6,12-13,18H,4-5,7-10H2,1H3,(H,19,21). The average Bonchev–Trinajstić information content (AvgIpc) is 2.86. The topological polar surface area (TPSA) is 44.4 Å². The van der Waals surface area contributed by atoms with Crippen LogP contribution in [0, 0.1) is 18.8 Å². The molecule has 2 N–H and O–H groups in total. The van der Waals surface area contributed by atoms with Crippen molar-refractivity contribution in [3.05, 3.63) is 28.8 Å². The Hall–Kier alpha value is -1.26. The van der Waals surface area contributed by atoms with Crippen LogP contribution in [0.5, 0.6) is 0 Å². The molecule has 114 valence electrons. The summed E-state index contributed by atoms with van der Waals surface area (Å²) < 4.78 is 0. The quantitative estimate of drug-likeness (QED) is 0.892. The zero-order valence-corrected chi connectivity index (χ0v) is 13.1. The van der Waals surface area contributed by atoms with Gasteiger partial charge in [-0.15, -0.1) is 0 Å². The van der Waals surface area contributed by atoms with E-state index in [1.807, 2.05) is 12.1 Å². The third-order valence-electron chi connectivity index (χ3n) is 4.51. The first-order chi connectivity index (χ1) is 10.1. The van der Waals surface area contributed by atoms with Gasteiger partial charge in [-0.1, -0.05) is 17.7 Å². The summed E-state index contributed by atoms with van der Waals surface area (Å²) in [4.78, 5) is 14.2. The molecule has 2 aliphatic heterocycles. The molecule has 1 aromatic rings. The van der Waals surface area contributed by atoms with Gasteiger partial charge in [0.05, 0.1) is 5.92 Å². The Morgan fingerprint density at radius 1 is 1.48 bits per heavy atom. The molecule has 0 aromatic heterocycles. The highest BCUT2D eigenvalue weighted by Gasteiger charge is 2.27. The second kappa shape index (κ2) is 6.24. The molecule has 0 spiro atoms. The highest BCUT2D eigenvalue weighted by atomic mass is 35.5. The molecule has 3 rings (SSSR count). The fourth-order valence-electron chi connectivity index (χ4n) is 3.00. The van der Waals surface area contributed by atoms with Gasteiger partial charge in [0.25, 0.3) is 0 Å². The predicted molar refractivity (Wildman–Crippen MR) is 85.9 cm³/mol. The lowest BCUT2D eigenvalue weighted by atomic mass is 10.0. The van der Waals surface area contributed by atoms with E-state index in [9.17, 15) is 4.79 Å². The molecule has 2 fully saturated rings. The van der Waals surface area contributed by atoms with E-state index in [1.54, 1.807) is 0 Å². The van der Waals surface area contributed by atoms with Gasteiger partial charge in [-0.3, -0.25) is 4.79 Å². The third-order valence-corrected chi connectivity index (χ3v) is 4.75. The summed E-state index contributed by atoms with van der Waals surface area (Å²) in [6, 6.07) is 6.04. The predicted octanol–water partition coefficient (Wildman–Crippen LogP) is 1.81. The Morgan fingerprint density at radius 3 is 3.00 bits per heavy atom. The molecule has 0 bridgehead atoms. The second-order valence-corrected chi connectivity index (χ2v) is 6.57. The molecule has 1 atom stereocenters. The van der Waals surface area contributed by atoms with Crippen molar-refractivity contribution < 1.29 is 4.79 Å². The first-order valence-corrected chi connectivity index (χ1v) is 8.01. The first kappa shape index (κ1) is 14.7. The van der Waals surface area contributed by atoms with Crippen LogP contribution in [-0.4, -0.2) is 38.6 Å². The van der Waals surface area contributed by atoms with Crippen LogP contribution < -0.4 is 15.5 Å². The van der Waals surface area contributed by atoms with Crippen LogP contribution in [0.1, 0.15) is 12.0 Å². The van der Waals surface area contributed by atoms with Crippen LogP contribution in [0.3, 0.4) is 0 Å². The number of carbonyl (C=O) groups excluding carboxylic acids is 1. The van der Waals surface area contributed by atoms with Gasteiger partial charge in [-0.05, 0) is 37.0 Å². The van der Waals surface area contributed by atoms with Crippen molar-refractivity contribution in [3.8, 4) is 0 Å². The molecule has 0 aliphatic carbocycles. The molecule has 1 unspecified atom stereocenters. The van der Waals surface area contributed by atoms with Crippen molar-refractivity contribution in [2.24, 2.45) is 11.8 Å². The molecule has 1 aromatic carbocycles. The average molecular weight is 308 g/mol. The SMILES string of the molecule is Cc1ccc(Cl)cc1N1CCC(CNC(=O)C2CNC2)C1. The largest absolute Gasteiger partial charge is 0.371 e. The molecule has 21 heavy (non-hydrogen) atoms. The molecule has 5 heteroatoms. The van der Waals surface area contributed by atoms with Crippen LogP contribution in [0.2, 0.25) is 5.02 Å². The number of hydrogen-bond donors (Lipinski definition) is 2. The van der Waals surface area contributed by atoms with E-state index in [4.69, 9.17) is 11.6 Å². The maximum Gasteiger partial charge on any atom is 0.225 e. The van der Waals surface area contributed by atoms with Crippen LogP contribution in [0.25, 0.3) is 0 Å². The molecule has 2 aliphatic rings. The van der Waals surface area contributed by atoms with Gasteiger partial charge in [0.1, 0.15) is 0 Å². The van der Waals surface area contributed by atoms with Gasteiger partial charge < -0.3 is 15.5 Å². The summed E-state index contributed by atoms with van der Waals surface area (Å²) >= 11 is 6.10. The summed E-state index contributed by atoms with van der Waals surface area (Å²) in [6.07, 6.45) is 1.12. The molecule has 1 amide bonds. The van der Waals surface area contributed by atoms with E-state index in [1.165, 1.54) is 11.3 Å². The maximum absolute atomic E-state index is 11.9. The highest BCUT2D eigenvalue weighted by Crippen LogP contribution is 2.29. The molecular formula is C16H22ClN3O. The third kappa shape index (κ3) is 3.33. The lowest BCUT2D eigenvalue weighted by Crippen LogP contribution is -2.51. The van der Waals surface area contributed by atoms with Crippen molar-refractivity contribution in [3.63, 3.8) is 0 Å². The van der Waals surface area contributed by atoms with Gasteiger partial charge in [0.15, 0.2) is 0 Å². The van der Waals surface area contributed by atoms with E-state index in [0.29, 0.717) is 5.92 Å². The van der Waals surface area contributed by atoms with Crippen LogP contribution in [0.15, 0.2) is 18.2 Å². The lowest BCUT2D eigenvalue weighted by Gasteiger charge is -2.26. The summed E-state index contributed by atoms with van der Waals surface area (Å²) in [7, 11) is 0. The Labute approximate surface area is 130 Å². The van der Waals surface area contributed by atoms with Crippen LogP contribution in [0.4, 0.5) is 5.69 Å². The number of nitrogens with zero attached hydrogens (tertiary/aromatic N) is 1. The summed E-state index contributed by atoms with van der Waals surface area (Å²) in [5.74, 6) is 0.907. The first-order valence-electron chi connectivity index (χ1n) is 7.63. The molecular weight excluding hydrogens is 286 g/mol. The number of amides is 1. The highest BCUT2D eigenvalue weighted by molar-refractivity contribution is 6.30. The monoisotopic (exact) mass is 307 g/mol. The van der Waals surface area contributed by atoms with Gasteiger partial charge in [0.2, 0.25) is 5.91 Å². The zero-order chi connectivity index (χ0) is 14.8. The maximum atomic E-state index is 11.9. The second-order valence-electron chi connectivity index (χ2n) is 6.13. The number of aryl methyl sites for hydroxylation is 1. The van der Waals surface area contributed by atoms with E-state index < -0.39 is 0 Å². The van der Waals surface area contributed by atoms with Gasteiger partial charge in [-0.2, -0.15) is 0 Å². The smallest absolute Gasteiger partial charge is 0.225 e. The van der Waals surface area contributed by atoms with Crippen molar-refractivity contribution >= 4 is 23.2 Å². The van der Waals surface area contributed by atoms with Crippen molar-refractivity contribution in [1.82, 2.24) is 10.6 Å². The van der Waals surface area contributed by atoms with Gasteiger partial charge in [0, 0.05) is 43.4 Å². The fraction of sp³-hybridized carbons (Fsp3) is 0.562. The number of anilines is 1. The minimum Gasteiger partial charge on any atom is -0.371 e. The number of halogens is 1. The number of benzene rings is 1. The van der Waals surface area contributed by atoms with Gasteiger partial charge >= 0.3 is 0 Å². The number of carbonyl (C=O) groups is 1. The minimum atomic E-state index is 0.178. The van der Waals surface area contributed by atoms with Crippen molar-refractivity contribution in [2.75, 3.05) is 37.6 Å². The van der Waals surface area contributed by atoms with Crippen molar-refractivity contribution in [2.45, 2.75) is 13.3 Å². The van der Waals surface area contributed by atoms with E-state index >= 15 is 0 Å². The Morgan fingerprint density at radius 2 is 2.29 bits per heavy atom. The summed E-state index contributed by atoms with van der Waals surface area (Å²) in [6.45, 7) is 6.57. The van der Waals surface area contributed by atoms with E-state index in [-0.39, 0.29) is 11.8 Å². The minimum absolute atomic E-state index is 0.178. The lowest BCUT2D eigenvalue weighted by molar-refractivity contribution is -0.126. The Balaban J connectivity index is 1.53. The van der Waals surface area contributed by atoms with Crippen molar-refractivity contribution in [1.29, 1.82) is 0 Å². The molecule has 2 saturated heterocycles. The Bertz CT molecular complexity index is 530. The summed E-state index contributed by atoms with van der Waals surface area (Å²) in [5, 5.41) is 7.00. The number of nitrogens with one attached hydrogen (secondary N) is 2. The molecule has 2 heterocycles. The van der Waals surface area contributed by atoms with Gasteiger partial charge in [-0.25, -0.2) is 0 Å².